The number of nitrogen functional groups attached to an aromatic ring is 1. The van der Waals surface area contributed by atoms with Gasteiger partial charge in [-0.3, -0.25) is 4.79 Å². The van der Waals surface area contributed by atoms with E-state index in [2.05, 4.69) is 16.4 Å². The van der Waals surface area contributed by atoms with Crippen LogP contribution in [-0.2, 0) is 11.3 Å². The minimum absolute atomic E-state index is 0.0120. The molecule has 0 aliphatic heterocycles. The molecular weight excluding hydrogens is 266 g/mol. The van der Waals surface area contributed by atoms with Crippen molar-refractivity contribution >= 4 is 22.9 Å². The fourth-order valence-electron chi connectivity index (χ4n) is 2.11. The molecular formula is C15H19N5O. The number of aromatic nitrogens is 2. The van der Waals surface area contributed by atoms with E-state index in [1.807, 2.05) is 13.8 Å². The smallest absolute Gasteiger partial charge is 0.222 e. The van der Waals surface area contributed by atoms with Crippen molar-refractivity contribution in [2.45, 2.75) is 39.3 Å². The predicted octanol–water partition coefficient (Wildman–Crippen LogP) is 1.79. The summed E-state index contributed by atoms with van der Waals surface area (Å²) in [6.07, 6.45) is 1.23. The number of nitrogens with two attached hydrogens (primary N) is 1. The van der Waals surface area contributed by atoms with Gasteiger partial charge in [-0.1, -0.05) is 6.92 Å². The first-order valence-corrected chi connectivity index (χ1v) is 7.00. The Bertz CT molecular complexity index is 698. The van der Waals surface area contributed by atoms with E-state index in [-0.39, 0.29) is 11.9 Å². The van der Waals surface area contributed by atoms with E-state index in [0.29, 0.717) is 24.5 Å². The van der Waals surface area contributed by atoms with Crippen LogP contribution in [0.5, 0.6) is 0 Å². The van der Waals surface area contributed by atoms with Crippen LogP contribution in [0.4, 0.5) is 5.95 Å². The van der Waals surface area contributed by atoms with Crippen molar-refractivity contribution in [1.82, 2.24) is 14.9 Å². The number of hydrogen-bond acceptors (Lipinski definition) is 4. The number of nitriles is 1. The van der Waals surface area contributed by atoms with Crippen LogP contribution in [0.25, 0.3) is 11.0 Å². The van der Waals surface area contributed by atoms with Gasteiger partial charge in [-0.05, 0) is 31.5 Å². The molecule has 0 aliphatic carbocycles. The number of carbonyl (C=O) groups is 1. The van der Waals surface area contributed by atoms with Crippen LogP contribution in [-0.4, -0.2) is 21.5 Å². The number of nitrogens with one attached hydrogen (secondary N) is 1. The molecule has 21 heavy (non-hydrogen) atoms. The lowest BCUT2D eigenvalue weighted by Gasteiger charge is -2.12. The van der Waals surface area contributed by atoms with Crippen LogP contribution in [0.3, 0.4) is 0 Å². The number of carbonyl (C=O) groups excluding carboxylic acids is 1. The van der Waals surface area contributed by atoms with Crippen molar-refractivity contribution in [2.24, 2.45) is 0 Å². The zero-order valence-electron chi connectivity index (χ0n) is 12.3. The Morgan fingerprint density at radius 1 is 1.57 bits per heavy atom. The molecule has 1 aromatic heterocycles. The highest BCUT2D eigenvalue weighted by molar-refractivity contribution is 5.80. The van der Waals surface area contributed by atoms with Gasteiger partial charge in [0.2, 0.25) is 11.9 Å². The summed E-state index contributed by atoms with van der Waals surface area (Å²) in [6, 6.07) is 7.47. The minimum Gasteiger partial charge on any atom is -0.369 e. The van der Waals surface area contributed by atoms with E-state index in [4.69, 9.17) is 11.0 Å². The van der Waals surface area contributed by atoms with Crippen molar-refractivity contribution in [3.05, 3.63) is 23.8 Å². The minimum atomic E-state index is -0.0120. The fraction of sp³-hybridized carbons (Fsp3) is 0.400. The highest BCUT2D eigenvalue weighted by Crippen LogP contribution is 2.19. The van der Waals surface area contributed by atoms with Gasteiger partial charge in [-0.2, -0.15) is 5.26 Å². The number of anilines is 1. The SMILES string of the molecule is CCC(C)NC(=O)CCn1c(N)nc2ccc(C#N)cc21. The van der Waals surface area contributed by atoms with Crippen LogP contribution in [0.15, 0.2) is 18.2 Å². The summed E-state index contributed by atoms with van der Waals surface area (Å²) < 4.78 is 1.77. The molecule has 6 heteroatoms. The lowest BCUT2D eigenvalue weighted by molar-refractivity contribution is -0.121. The Kier molecular flexibility index (Phi) is 4.43. The zero-order valence-corrected chi connectivity index (χ0v) is 12.3. The molecule has 1 heterocycles. The molecule has 110 valence electrons. The molecule has 0 saturated carbocycles. The summed E-state index contributed by atoms with van der Waals surface area (Å²) in [7, 11) is 0. The van der Waals surface area contributed by atoms with E-state index < -0.39 is 0 Å². The molecule has 1 unspecified atom stereocenters. The van der Waals surface area contributed by atoms with Crippen molar-refractivity contribution in [1.29, 1.82) is 5.26 Å². The molecule has 0 saturated heterocycles. The maximum Gasteiger partial charge on any atom is 0.222 e. The second-order valence-electron chi connectivity index (χ2n) is 5.06. The summed E-state index contributed by atoms with van der Waals surface area (Å²) >= 11 is 0. The Hall–Kier alpha value is -2.55. The summed E-state index contributed by atoms with van der Waals surface area (Å²) in [5.41, 5.74) is 7.96. The number of fused-ring (bicyclic) bond motifs is 1. The van der Waals surface area contributed by atoms with Gasteiger partial charge in [0.05, 0.1) is 22.7 Å². The van der Waals surface area contributed by atoms with E-state index >= 15 is 0 Å². The van der Waals surface area contributed by atoms with Gasteiger partial charge >= 0.3 is 0 Å². The van der Waals surface area contributed by atoms with Crippen LogP contribution < -0.4 is 11.1 Å². The molecule has 2 aromatic rings. The van der Waals surface area contributed by atoms with Crippen LogP contribution in [0.2, 0.25) is 0 Å². The van der Waals surface area contributed by atoms with Gasteiger partial charge < -0.3 is 15.6 Å². The van der Waals surface area contributed by atoms with Crippen molar-refractivity contribution in [3.63, 3.8) is 0 Å². The molecule has 0 aliphatic rings. The highest BCUT2D eigenvalue weighted by Gasteiger charge is 2.11. The normalized spacial score (nSPS) is 12.0. The quantitative estimate of drug-likeness (QED) is 0.875. The van der Waals surface area contributed by atoms with Gasteiger partial charge in [0.25, 0.3) is 0 Å². The molecule has 3 N–H and O–H groups in total. The summed E-state index contributed by atoms with van der Waals surface area (Å²) in [5, 5.41) is 11.9. The molecule has 0 fully saturated rings. The Morgan fingerprint density at radius 3 is 3.00 bits per heavy atom. The van der Waals surface area contributed by atoms with Crippen LogP contribution >= 0.6 is 0 Å². The van der Waals surface area contributed by atoms with Gasteiger partial charge in [0.15, 0.2) is 0 Å². The lowest BCUT2D eigenvalue weighted by atomic mass is 10.2. The van der Waals surface area contributed by atoms with Gasteiger partial charge in [-0.15, -0.1) is 0 Å². The second kappa shape index (κ2) is 6.27. The van der Waals surface area contributed by atoms with Gasteiger partial charge in [0, 0.05) is 19.0 Å². The average Bonchev–Trinajstić information content (AvgIpc) is 2.79. The molecule has 2 rings (SSSR count). The fourth-order valence-corrected chi connectivity index (χ4v) is 2.11. The predicted molar refractivity (Wildman–Crippen MR) is 81.4 cm³/mol. The van der Waals surface area contributed by atoms with Gasteiger partial charge in [-0.25, -0.2) is 4.98 Å². The zero-order chi connectivity index (χ0) is 15.4. The highest BCUT2D eigenvalue weighted by atomic mass is 16.1. The topological polar surface area (TPSA) is 96.7 Å². The third kappa shape index (κ3) is 3.31. The number of hydrogen-bond donors (Lipinski definition) is 2. The first-order valence-electron chi connectivity index (χ1n) is 7.00. The second-order valence-corrected chi connectivity index (χ2v) is 5.06. The Labute approximate surface area is 123 Å². The van der Waals surface area contributed by atoms with E-state index in [1.54, 1.807) is 22.8 Å². The number of imidazole rings is 1. The molecule has 0 radical (unpaired) electrons. The van der Waals surface area contributed by atoms with E-state index in [0.717, 1.165) is 17.5 Å². The Balaban J connectivity index is 2.16. The number of rotatable bonds is 5. The summed E-state index contributed by atoms with van der Waals surface area (Å²) in [4.78, 5) is 16.1. The summed E-state index contributed by atoms with van der Waals surface area (Å²) in [5.74, 6) is 0.346. The number of benzene rings is 1. The summed E-state index contributed by atoms with van der Waals surface area (Å²) in [6.45, 7) is 4.44. The largest absolute Gasteiger partial charge is 0.369 e. The first-order chi connectivity index (χ1) is 10.0. The maximum atomic E-state index is 11.8. The van der Waals surface area contributed by atoms with Crippen molar-refractivity contribution in [3.8, 4) is 6.07 Å². The molecule has 0 bridgehead atoms. The van der Waals surface area contributed by atoms with Gasteiger partial charge in [0.1, 0.15) is 0 Å². The molecule has 0 spiro atoms. The molecule has 1 amide bonds. The average molecular weight is 285 g/mol. The third-order valence-electron chi connectivity index (χ3n) is 3.49. The molecule has 1 aromatic carbocycles. The Morgan fingerprint density at radius 2 is 2.33 bits per heavy atom. The van der Waals surface area contributed by atoms with Crippen LogP contribution in [0, 0.1) is 11.3 Å². The van der Waals surface area contributed by atoms with Crippen molar-refractivity contribution < 1.29 is 4.79 Å². The van der Waals surface area contributed by atoms with E-state index in [1.165, 1.54) is 0 Å². The monoisotopic (exact) mass is 285 g/mol. The molecule has 1 atom stereocenters. The van der Waals surface area contributed by atoms with Crippen LogP contribution in [0.1, 0.15) is 32.3 Å². The first kappa shape index (κ1) is 14.9. The number of amides is 1. The lowest BCUT2D eigenvalue weighted by Crippen LogP contribution is -2.32. The molecule has 6 nitrogen and oxygen atoms in total. The number of nitrogens with zero attached hydrogens (tertiary/aromatic N) is 3. The van der Waals surface area contributed by atoms with E-state index in [9.17, 15) is 4.79 Å². The maximum absolute atomic E-state index is 11.8. The third-order valence-corrected chi connectivity index (χ3v) is 3.49. The number of aryl methyl sites for hydroxylation is 1. The van der Waals surface area contributed by atoms with Crippen molar-refractivity contribution in [2.75, 3.05) is 5.73 Å². The standard InChI is InChI=1S/C15H19N5O/c1-3-10(2)18-14(21)6-7-20-13-8-11(9-16)4-5-12(13)19-15(20)17/h4-5,8,10H,3,6-7H2,1-2H3,(H2,17,19)(H,18,21).